The fourth-order valence-corrected chi connectivity index (χ4v) is 0.548. The first-order chi connectivity index (χ1) is 5.16. The largest absolute Gasteiger partial charge is 0.481 e. The Labute approximate surface area is 65.1 Å². The SMILES string of the molecule is C=CCOCC(O)CC(=O)O. The van der Waals surface area contributed by atoms with Crippen LogP contribution in [0.15, 0.2) is 12.7 Å². The first kappa shape index (κ1) is 10.1. The van der Waals surface area contributed by atoms with Crippen LogP contribution in [0.5, 0.6) is 0 Å². The average Bonchev–Trinajstić information content (AvgIpc) is 1.86. The minimum absolute atomic E-state index is 0.0400. The van der Waals surface area contributed by atoms with E-state index in [0.29, 0.717) is 6.61 Å². The van der Waals surface area contributed by atoms with Gasteiger partial charge in [-0.25, -0.2) is 0 Å². The summed E-state index contributed by atoms with van der Waals surface area (Å²) in [5, 5.41) is 17.1. The molecule has 0 fully saturated rings. The number of hydrogen-bond acceptors (Lipinski definition) is 3. The van der Waals surface area contributed by atoms with Crippen molar-refractivity contribution in [1.29, 1.82) is 0 Å². The van der Waals surface area contributed by atoms with Crippen LogP contribution in [0.4, 0.5) is 0 Å². The van der Waals surface area contributed by atoms with E-state index in [1.54, 1.807) is 0 Å². The number of aliphatic hydroxyl groups excluding tert-OH is 1. The van der Waals surface area contributed by atoms with Crippen molar-refractivity contribution >= 4 is 5.97 Å². The molecule has 64 valence electrons. The molecular weight excluding hydrogens is 148 g/mol. The van der Waals surface area contributed by atoms with Crippen LogP contribution in [0, 0.1) is 0 Å². The third kappa shape index (κ3) is 7.02. The van der Waals surface area contributed by atoms with Gasteiger partial charge in [-0.2, -0.15) is 0 Å². The summed E-state index contributed by atoms with van der Waals surface area (Å²) in [6, 6.07) is 0. The molecule has 0 rings (SSSR count). The molecule has 0 aromatic rings. The molecule has 1 atom stereocenters. The molecule has 2 N–H and O–H groups in total. The summed E-state index contributed by atoms with van der Waals surface area (Å²) >= 11 is 0. The Balaban J connectivity index is 3.28. The minimum Gasteiger partial charge on any atom is -0.481 e. The molecule has 0 aliphatic carbocycles. The zero-order valence-electron chi connectivity index (χ0n) is 6.19. The predicted octanol–water partition coefficient (Wildman–Crippen LogP) is 0.0246. The smallest absolute Gasteiger partial charge is 0.306 e. The van der Waals surface area contributed by atoms with E-state index in [0.717, 1.165) is 0 Å². The van der Waals surface area contributed by atoms with E-state index in [1.807, 2.05) is 0 Å². The minimum atomic E-state index is -1.03. The molecule has 0 aromatic heterocycles. The van der Waals surface area contributed by atoms with Crippen LogP contribution in [-0.2, 0) is 9.53 Å². The summed E-state index contributed by atoms with van der Waals surface area (Å²) in [5.74, 6) is -1.03. The summed E-state index contributed by atoms with van der Waals surface area (Å²) in [6.45, 7) is 3.77. The summed E-state index contributed by atoms with van der Waals surface area (Å²) in [7, 11) is 0. The average molecular weight is 160 g/mol. The van der Waals surface area contributed by atoms with Gasteiger partial charge < -0.3 is 14.9 Å². The van der Waals surface area contributed by atoms with Crippen LogP contribution < -0.4 is 0 Å². The number of carbonyl (C=O) groups is 1. The molecule has 0 saturated carbocycles. The first-order valence-corrected chi connectivity index (χ1v) is 3.25. The monoisotopic (exact) mass is 160 g/mol. The van der Waals surface area contributed by atoms with Crippen LogP contribution in [0.25, 0.3) is 0 Å². The van der Waals surface area contributed by atoms with Gasteiger partial charge in [0.25, 0.3) is 0 Å². The molecule has 1 unspecified atom stereocenters. The Hall–Kier alpha value is -0.870. The lowest BCUT2D eigenvalue weighted by Crippen LogP contribution is -2.19. The Bertz CT molecular complexity index is 132. The fourth-order valence-electron chi connectivity index (χ4n) is 0.548. The molecule has 0 bridgehead atoms. The van der Waals surface area contributed by atoms with Gasteiger partial charge in [0, 0.05) is 0 Å². The summed E-state index contributed by atoms with van der Waals surface area (Å²) in [4.78, 5) is 10.0. The van der Waals surface area contributed by atoms with Gasteiger partial charge in [0.2, 0.25) is 0 Å². The van der Waals surface area contributed by atoms with Crippen LogP contribution in [-0.4, -0.2) is 35.5 Å². The third-order valence-electron chi connectivity index (χ3n) is 0.956. The van der Waals surface area contributed by atoms with Gasteiger partial charge in [-0.15, -0.1) is 6.58 Å². The first-order valence-electron chi connectivity index (χ1n) is 3.25. The Morgan fingerprint density at radius 1 is 1.73 bits per heavy atom. The summed E-state index contributed by atoms with van der Waals surface area (Å²) in [5.41, 5.74) is 0. The zero-order valence-corrected chi connectivity index (χ0v) is 6.19. The van der Waals surface area contributed by atoms with Gasteiger partial charge >= 0.3 is 5.97 Å². The fraction of sp³-hybridized carbons (Fsp3) is 0.571. The van der Waals surface area contributed by atoms with Crippen LogP contribution in [0.2, 0.25) is 0 Å². The topological polar surface area (TPSA) is 66.8 Å². The Morgan fingerprint density at radius 3 is 2.82 bits per heavy atom. The lowest BCUT2D eigenvalue weighted by molar-refractivity contribution is -0.140. The van der Waals surface area contributed by atoms with Crippen molar-refractivity contribution in [2.45, 2.75) is 12.5 Å². The molecule has 0 radical (unpaired) electrons. The number of carboxylic acid groups (broad SMARTS) is 1. The van der Waals surface area contributed by atoms with Gasteiger partial charge in [-0.3, -0.25) is 4.79 Å². The second-order valence-electron chi connectivity index (χ2n) is 2.08. The van der Waals surface area contributed by atoms with Crippen molar-refractivity contribution in [3.05, 3.63) is 12.7 Å². The quantitative estimate of drug-likeness (QED) is 0.424. The highest BCUT2D eigenvalue weighted by Crippen LogP contribution is 1.92. The molecule has 0 aliphatic heterocycles. The van der Waals surface area contributed by atoms with Gasteiger partial charge in [0.1, 0.15) is 0 Å². The van der Waals surface area contributed by atoms with E-state index in [9.17, 15) is 4.79 Å². The van der Waals surface area contributed by atoms with E-state index >= 15 is 0 Å². The van der Waals surface area contributed by atoms with E-state index in [1.165, 1.54) is 6.08 Å². The molecule has 0 aliphatic rings. The van der Waals surface area contributed by atoms with Gasteiger partial charge in [0.05, 0.1) is 25.7 Å². The van der Waals surface area contributed by atoms with Crippen LogP contribution in [0.1, 0.15) is 6.42 Å². The molecule has 0 aromatic carbocycles. The molecule has 4 nitrogen and oxygen atoms in total. The predicted molar refractivity (Wildman–Crippen MR) is 39.3 cm³/mol. The maximum atomic E-state index is 10.0. The standard InChI is InChI=1S/C7H12O4/c1-2-3-11-5-6(8)4-7(9)10/h2,6,8H,1,3-5H2,(H,9,10). The van der Waals surface area contributed by atoms with Crippen molar-refractivity contribution in [3.8, 4) is 0 Å². The normalized spacial score (nSPS) is 12.5. The van der Waals surface area contributed by atoms with Crippen LogP contribution in [0.3, 0.4) is 0 Å². The van der Waals surface area contributed by atoms with Crippen molar-refractivity contribution in [3.63, 3.8) is 0 Å². The number of aliphatic hydroxyl groups is 1. The summed E-state index contributed by atoms with van der Waals surface area (Å²) < 4.78 is 4.81. The number of hydrogen-bond donors (Lipinski definition) is 2. The molecule has 4 heteroatoms. The van der Waals surface area contributed by atoms with Crippen LogP contribution >= 0.6 is 0 Å². The van der Waals surface area contributed by atoms with Crippen molar-refractivity contribution < 1.29 is 19.7 Å². The molecule has 11 heavy (non-hydrogen) atoms. The van der Waals surface area contributed by atoms with Gasteiger partial charge in [-0.05, 0) is 0 Å². The highest BCUT2D eigenvalue weighted by atomic mass is 16.5. The van der Waals surface area contributed by atoms with Crippen molar-refractivity contribution in [2.75, 3.05) is 13.2 Å². The third-order valence-corrected chi connectivity index (χ3v) is 0.956. The second-order valence-corrected chi connectivity index (χ2v) is 2.08. The highest BCUT2D eigenvalue weighted by molar-refractivity contribution is 5.67. The number of rotatable bonds is 6. The number of aliphatic carboxylic acids is 1. The van der Waals surface area contributed by atoms with E-state index in [-0.39, 0.29) is 13.0 Å². The van der Waals surface area contributed by atoms with Gasteiger partial charge in [-0.1, -0.05) is 6.08 Å². The van der Waals surface area contributed by atoms with Crippen molar-refractivity contribution in [1.82, 2.24) is 0 Å². The Morgan fingerprint density at radius 2 is 2.36 bits per heavy atom. The molecular formula is C7H12O4. The molecule has 0 amide bonds. The number of ether oxygens (including phenoxy) is 1. The highest BCUT2D eigenvalue weighted by Gasteiger charge is 2.08. The van der Waals surface area contributed by atoms with E-state index in [4.69, 9.17) is 14.9 Å². The van der Waals surface area contributed by atoms with E-state index < -0.39 is 12.1 Å². The lowest BCUT2D eigenvalue weighted by atomic mass is 10.3. The van der Waals surface area contributed by atoms with Gasteiger partial charge in [0.15, 0.2) is 0 Å². The number of carboxylic acids is 1. The maximum Gasteiger partial charge on any atom is 0.306 e. The molecule has 0 saturated heterocycles. The summed E-state index contributed by atoms with van der Waals surface area (Å²) in [6.07, 6.45) is 0.331. The van der Waals surface area contributed by atoms with Crippen molar-refractivity contribution in [2.24, 2.45) is 0 Å². The second kappa shape index (κ2) is 5.88. The molecule has 0 heterocycles. The Kier molecular flexibility index (Phi) is 5.42. The maximum absolute atomic E-state index is 10.0. The van der Waals surface area contributed by atoms with E-state index in [2.05, 4.69) is 6.58 Å². The molecule has 0 spiro atoms. The lowest BCUT2D eigenvalue weighted by Gasteiger charge is -2.06. The zero-order chi connectivity index (χ0) is 8.69.